The molecule has 0 aliphatic heterocycles. The molecule has 0 bridgehead atoms. The third-order valence-electron chi connectivity index (χ3n) is 0.725. The van der Waals surface area contributed by atoms with Gasteiger partial charge in [-0.2, -0.15) is 8.78 Å². The first-order valence-electron chi connectivity index (χ1n) is 2.88. The van der Waals surface area contributed by atoms with Crippen LogP contribution in [0.1, 0.15) is 6.92 Å². The molecular weight excluding hydrogens is 206 g/mol. The van der Waals surface area contributed by atoms with E-state index < -0.39 is 4.83 Å². The summed E-state index contributed by atoms with van der Waals surface area (Å²) in [6.45, 7) is 2.58. The van der Waals surface area contributed by atoms with Gasteiger partial charge in [0, 0.05) is 6.61 Å². The van der Waals surface area contributed by atoms with Crippen molar-refractivity contribution in [3.63, 3.8) is 0 Å². The van der Waals surface area contributed by atoms with E-state index in [0.29, 0.717) is 6.61 Å². The molecule has 60 valence electrons. The van der Waals surface area contributed by atoms with Gasteiger partial charge in [0.2, 0.25) is 0 Å². The largest absolute Gasteiger partial charge is 0.378 e. The summed E-state index contributed by atoms with van der Waals surface area (Å²) in [5.74, 6) is 0. The van der Waals surface area contributed by atoms with Crippen molar-refractivity contribution < 1.29 is 13.5 Å². The van der Waals surface area contributed by atoms with E-state index in [0.717, 1.165) is 6.08 Å². The van der Waals surface area contributed by atoms with Crippen molar-refractivity contribution in [2.75, 3.05) is 13.2 Å². The minimum atomic E-state index is -2.90. The van der Waals surface area contributed by atoms with E-state index >= 15 is 0 Å². The van der Waals surface area contributed by atoms with Crippen LogP contribution in [-0.4, -0.2) is 18.0 Å². The Hall–Kier alpha value is 0.0400. The minimum absolute atomic E-state index is 0.234. The number of rotatable bonds is 4. The van der Waals surface area contributed by atoms with Crippen LogP contribution >= 0.6 is 15.9 Å². The van der Waals surface area contributed by atoms with Gasteiger partial charge in [0.15, 0.2) is 0 Å². The fraction of sp³-hybridized carbons (Fsp3) is 0.667. The molecule has 0 aromatic carbocycles. The van der Waals surface area contributed by atoms with E-state index in [9.17, 15) is 8.78 Å². The van der Waals surface area contributed by atoms with E-state index in [2.05, 4.69) is 15.9 Å². The Bertz CT molecular complexity index is 109. The Morgan fingerprint density at radius 3 is 2.60 bits per heavy atom. The summed E-state index contributed by atoms with van der Waals surface area (Å²) < 4.78 is 28.6. The zero-order valence-electron chi connectivity index (χ0n) is 5.61. The maximum atomic E-state index is 11.9. The van der Waals surface area contributed by atoms with Crippen LogP contribution in [0.25, 0.3) is 0 Å². The second-order valence-corrected chi connectivity index (χ2v) is 2.66. The molecule has 0 fully saturated rings. The van der Waals surface area contributed by atoms with Gasteiger partial charge >= 0.3 is 4.83 Å². The van der Waals surface area contributed by atoms with Gasteiger partial charge in [0.25, 0.3) is 0 Å². The van der Waals surface area contributed by atoms with Crippen LogP contribution in [-0.2, 0) is 4.74 Å². The predicted molar refractivity (Wildman–Crippen MR) is 39.5 cm³/mol. The SMILES string of the molecule is CCOCC=CC(F)(F)Br. The van der Waals surface area contributed by atoms with E-state index in [4.69, 9.17) is 4.74 Å². The van der Waals surface area contributed by atoms with Gasteiger partial charge in [0.05, 0.1) is 6.61 Å². The lowest BCUT2D eigenvalue weighted by atomic mass is 10.5. The van der Waals surface area contributed by atoms with Crippen LogP contribution in [0.15, 0.2) is 12.2 Å². The molecule has 0 amide bonds. The molecule has 0 N–H and O–H groups in total. The van der Waals surface area contributed by atoms with Crippen molar-refractivity contribution in [2.24, 2.45) is 0 Å². The van der Waals surface area contributed by atoms with Crippen LogP contribution in [0.2, 0.25) is 0 Å². The van der Waals surface area contributed by atoms with Crippen molar-refractivity contribution in [1.29, 1.82) is 0 Å². The predicted octanol–water partition coefficient (Wildman–Crippen LogP) is 2.57. The zero-order chi connectivity index (χ0) is 8.04. The van der Waals surface area contributed by atoms with Gasteiger partial charge < -0.3 is 4.74 Å². The number of halogens is 3. The zero-order valence-corrected chi connectivity index (χ0v) is 7.20. The first kappa shape index (κ1) is 10.0. The Morgan fingerprint density at radius 2 is 2.20 bits per heavy atom. The highest BCUT2D eigenvalue weighted by molar-refractivity contribution is 9.10. The lowest BCUT2D eigenvalue weighted by molar-refractivity contribution is 0.161. The van der Waals surface area contributed by atoms with Crippen LogP contribution in [0.3, 0.4) is 0 Å². The number of hydrogen-bond acceptors (Lipinski definition) is 1. The lowest BCUT2D eigenvalue weighted by Gasteiger charge is -1.99. The topological polar surface area (TPSA) is 9.23 Å². The standard InChI is InChI=1S/C6H9BrF2O/c1-2-10-5-3-4-6(7,8)9/h3-4H,2,5H2,1H3. The third-order valence-corrected chi connectivity index (χ3v) is 0.989. The molecule has 0 aliphatic rings. The molecule has 0 unspecified atom stereocenters. The van der Waals surface area contributed by atoms with E-state index in [1.54, 1.807) is 6.92 Å². The average molecular weight is 215 g/mol. The van der Waals surface area contributed by atoms with Crippen molar-refractivity contribution in [3.05, 3.63) is 12.2 Å². The second-order valence-electron chi connectivity index (χ2n) is 1.60. The summed E-state index contributed by atoms with van der Waals surface area (Å²) in [5, 5.41) is 0. The van der Waals surface area contributed by atoms with E-state index in [-0.39, 0.29) is 6.61 Å². The third kappa shape index (κ3) is 8.04. The molecule has 0 radical (unpaired) electrons. The van der Waals surface area contributed by atoms with Crippen molar-refractivity contribution >= 4 is 15.9 Å². The molecule has 0 aromatic rings. The molecule has 0 heterocycles. The molecule has 0 spiro atoms. The maximum absolute atomic E-state index is 11.9. The molecule has 4 heteroatoms. The van der Waals surface area contributed by atoms with Crippen LogP contribution < -0.4 is 0 Å². The number of alkyl halides is 3. The monoisotopic (exact) mass is 214 g/mol. The lowest BCUT2D eigenvalue weighted by Crippen LogP contribution is -1.99. The smallest absolute Gasteiger partial charge is 0.320 e. The van der Waals surface area contributed by atoms with Crippen LogP contribution in [0.4, 0.5) is 8.78 Å². The van der Waals surface area contributed by atoms with Gasteiger partial charge in [0.1, 0.15) is 0 Å². The molecule has 0 saturated carbocycles. The van der Waals surface area contributed by atoms with Crippen LogP contribution in [0.5, 0.6) is 0 Å². The van der Waals surface area contributed by atoms with Gasteiger partial charge in [-0.25, -0.2) is 0 Å². The molecule has 0 saturated heterocycles. The molecule has 0 atom stereocenters. The molecule has 0 aromatic heterocycles. The first-order chi connectivity index (χ1) is 4.56. The first-order valence-corrected chi connectivity index (χ1v) is 3.67. The van der Waals surface area contributed by atoms with Gasteiger partial charge in [-0.05, 0) is 28.9 Å². The van der Waals surface area contributed by atoms with E-state index in [1.807, 2.05) is 0 Å². The van der Waals surface area contributed by atoms with Crippen molar-refractivity contribution in [3.8, 4) is 0 Å². The quantitative estimate of drug-likeness (QED) is 0.397. The van der Waals surface area contributed by atoms with Gasteiger partial charge in [-0.3, -0.25) is 0 Å². The highest BCUT2D eigenvalue weighted by Gasteiger charge is 2.17. The highest BCUT2D eigenvalue weighted by Crippen LogP contribution is 2.22. The summed E-state index contributed by atoms with van der Waals surface area (Å²) in [7, 11) is 0. The van der Waals surface area contributed by atoms with Crippen molar-refractivity contribution in [1.82, 2.24) is 0 Å². The minimum Gasteiger partial charge on any atom is -0.378 e. The molecule has 0 rings (SSSR count). The number of allylic oxidation sites excluding steroid dienone is 1. The fourth-order valence-electron chi connectivity index (χ4n) is 0.368. The highest BCUT2D eigenvalue weighted by atomic mass is 79.9. The van der Waals surface area contributed by atoms with Crippen molar-refractivity contribution in [2.45, 2.75) is 11.8 Å². The number of hydrogen-bond donors (Lipinski definition) is 0. The maximum Gasteiger partial charge on any atom is 0.320 e. The molecular formula is C6H9BrF2O. The summed E-state index contributed by atoms with van der Waals surface area (Å²) in [6, 6.07) is 0. The summed E-state index contributed by atoms with van der Waals surface area (Å²) in [6.07, 6.45) is 2.03. The van der Waals surface area contributed by atoms with Gasteiger partial charge in [-0.1, -0.05) is 6.08 Å². The normalized spacial score (nSPS) is 12.8. The molecule has 0 aliphatic carbocycles. The number of ether oxygens (including phenoxy) is 1. The molecule has 1 nitrogen and oxygen atoms in total. The van der Waals surface area contributed by atoms with E-state index in [1.165, 1.54) is 6.08 Å². The average Bonchev–Trinajstić information content (AvgIpc) is 1.78. The second kappa shape index (κ2) is 4.79. The molecule has 10 heavy (non-hydrogen) atoms. The summed E-state index contributed by atoms with van der Waals surface area (Å²) >= 11 is 2.15. The Balaban J connectivity index is 3.37. The van der Waals surface area contributed by atoms with Crippen LogP contribution in [0, 0.1) is 0 Å². The Morgan fingerprint density at radius 1 is 1.60 bits per heavy atom. The summed E-state index contributed by atoms with van der Waals surface area (Å²) in [5.41, 5.74) is 0. The Kier molecular flexibility index (Phi) is 4.81. The summed E-state index contributed by atoms with van der Waals surface area (Å²) in [4.78, 5) is -2.90. The fourth-order valence-corrected chi connectivity index (χ4v) is 0.555. The van der Waals surface area contributed by atoms with Gasteiger partial charge in [-0.15, -0.1) is 0 Å². The Labute approximate surface area is 67.2 Å².